The van der Waals surface area contributed by atoms with Crippen LogP contribution in [0.5, 0.6) is 5.75 Å². The minimum Gasteiger partial charge on any atom is -0.496 e. The number of carboxylic acids is 1. The normalized spacial score (nSPS) is 15.7. The van der Waals surface area contributed by atoms with Crippen LogP contribution >= 0.6 is 0 Å². The number of benzene rings is 2. The van der Waals surface area contributed by atoms with Gasteiger partial charge in [0.05, 0.1) is 18.5 Å². The average Bonchev–Trinajstić information content (AvgIpc) is 2.73. The van der Waals surface area contributed by atoms with Crippen molar-refractivity contribution in [2.75, 3.05) is 25.1 Å². The largest absolute Gasteiger partial charge is 0.496 e. The van der Waals surface area contributed by atoms with Crippen molar-refractivity contribution < 1.29 is 19.6 Å². The van der Waals surface area contributed by atoms with Crippen molar-refractivity contribution in [3.8, 4) is 5.75 Å². The zero-order valence-electron chi connectivity index (χ0n) is 16.3. The monoisotopic (exact) mass is 399 g/mol. The molecular formula is C21H25N3O5. The van der Waals surface area contributed by atoms with Gasteiger partial charge in [0.2, 0.25) is 0 Å². The Morgan fingerprint density at radius 1 is 1.31 bits per heavy atom. The van der Waals surface area contributed by atoms with Crippen molar-refractivity contribution in [3.63, 3.8) is 0 Å². The van der Waals surface area contributed by atoms with Gasteiger partial charge in [0.1, 0.15) is 11.4 Å². The summed E-state index contributed by atoms with van der Waals surface area (Å²) in [6.07, 6.45) is 1.44. The molecule has 1 heterocycles. The highest BCUT2D eigenvalue weighted by Crippen LogP contribution is 2.38. The van der Waals surface area contributed by atoms with E-state index in [1.54, 1.807) is 19.2 Å². The van der Waals surface area contributed by atoms with E-state index in [0.29, 0.717) is 30.3 Å². The predicted molar refractivity (Wildman–Crippen MR) is 109 cm³/mol. The van der Waals surface area contributed by atoms with Gasteiger partial charge in [-0.15, -0.1) is 0 Å². The number of nitro groups is 1. The molecule has 29 heavy (non-hydrogen) atoms. The molecule has 0 saturated carbocycles. The summed E-state index contributed by atoms with van der Waals surface area (Å²) >= 11 is 0. The molecule has 1 aliphatic rings. The van der Waals surface area contributed by atoms with E-state index in [-0.39, 0.29) is 12.1 Å². The van der Waals surface area contributed by atoms with Gasteiger partial charge in [-0.25, -0.2) is 0 Å². The van der Waals surface area contributed by atoms with Crippen LogP contribution in [-0.4, -0.2) is 36.2 Å². The fraction of sp³-hybridized carbons (Fsp3) is 0.381. The van der Waals surface area contributed by atoms with Crippen LogP contribution in [0.2, 0.25) is 0 Å². The zero-order valence-corrected chi connectivity index (χ0v) is 16.3. The molecule has 8 nitrogen and oxygen atoms in total. The number of hydrogen-bond donors (Lipinski definition) is 2. The molecular weight excluding hydrogens is 374 g/mol. The highest BCUT2D eigenvalue weighted by molar-refractivity contribution is 5.69. The summed E-state index contributed by atoms with van der Waals surface area (Å²) < 4.78 is 5.47. The summed E-state index contributed by atoms with van der Waals surface area (Å²) in [5, 5.41) is 20.5. The first-order valence-electron chi connectivity index (χ1n) is 9.54. The van der Waals surface area contributed by atoms with Gasteiger partial charge in [-0.05, 0) is 42.0 Å². The summed E-state index contributed by atoms with van der Waals surface area (Å²) in [5.41, 5.74) is 7.99. The summed E-state index contributed by atoms with van der Waals surface area (Å²) in [6, 6.07) is 11.9. The third-order valence-corrected chi connectivity index (χ3v) is 5.43. The van der Waals surface area contributed by atoms with E-state index in [1.165, 1.54) is 11.6 Å². The van der Waals surface area contributed by atoms with Gasteiger partial charge in [-0.1, -0.05) is 24.3 Å². The van der Waals surface area contributed by atoms with Gasteiger partial charge in [0.25, 0.3) is 5.69 Å². The van der Waals surface area contributed by atoms with Crippen molar-refractivity contribution in [1.29, 1.82) is 0 Å². The molecule has 0 radical (unpaired) electrons. The molecule has 1 atom stereocenters. The summed E-state index contributed by atoms with van der Waals surface area (Å²) in [4.78, 5) is 24.1. The topological polar surface area (TPSA) is 119 Å². The number of methoxy groups -OCH3 is 1. The number of aliphatic carboxylic acids is 1. The van der Waals surface area contributed by atoms with Crippen molar-refractivity contribution in [2.45, 2.75) is 31.2 Å². The maximum absolute atomic E-state index is 11.6. The first-order valence-corrected chi connectivity index (χ1v) is 9.54. The van der Waals surface area contributed by atoms with E-state index < -0.39 is 16.9 Å². The lowest BCUT2D eigenvalue weighted by Crippen LogP contribution is -2.33. The molecule has 8 heteroatoms. The second-order valence-electron chi connectivity index (χ2n) is 7.21. The van der Waals surface area contributed by atoms with Crippen molar-refractivity contribution in [1.82, 2.24) is 0 Å². The zero-order chi connectivity index (χ0) is 21.0. The van der Waals surface area contributed by atoms with Gasteiger partial charge in [-0.3, -0.25) is 14.9 Å². The first kappa shape index (κ1) is 20.6. The van der Waals surface area contributed by atoms with Crippen LogP contribution in [0, 0.1) is 10.1 Å². The van der Waals surface area contributed by atoms with E-state index in [9.17, 15) is 14.9 Å². The number of para-hydroxylation sites is 1. The highest BCUT2D eigenvalue weighted by Gasteiger charge is 2.27. The summed E-state index contributed by atoms with van der Waals surface area (Å²) in [5.74, 6) is 0.168. The Labute approximate surface area is 169 Å². The molecule has 1 aliphatic heterocycles. The van der Waals surface area contributed by atoms with Crippen LogP contribution in [0.3, 0.4) is 0 Å². The van der Waals surface area contributed by atoms with Crippen molar-refractivity contribution >= 4 is 17.3 Å². The van der Waals surface area contributed by atoms with Gasteiger partial charge in [-0.2, -0.15) is 0 Å². The van der Waals surface area contributed by atoms with Gasteiger partial charge < -0.3 is 20.5 Å². The molecule has 2 aromatic rings. The molecule has 0 aliphatic carbocycles. The fourth-order valence-electron chi connectivity index (χ4n) is 3.93. The van der Waals surface area contributed by atoms with Gasteiger partial charge in [0, 0.05) is 25.2 Å². The number of nitrogens with zero attached hydrogens (tertiary/aromatic N) is 2. The van der Waals surface area contributed by atoms with Crippen molar-refractivity contribution in [3.05, 3.63) is 63.7 Å². The average molecular weight is 399 g/mol. The number of carbonyl (C=O) groups is 1. The third-order valence-electron chi connectivity index (χ3n) is 5.43. The fourth-order valence-corrected chi connectivity index (χ4v) is 3.93. The molecule has 3 rings (SSSR count). The third kappa shape index (κ3) is 4.65. The van der Waals surface area contributed by atoms with E-state index in [0.717, 1.165) is 18.6 Å². The maximum Gasteiger partial charge on any atom is 0.305 e. The number of ether oxygens (including phenoxy) is 1. The SMILES string of the molecule is COc1ccccc1C1CCN(c2ccc(C(N)CC(=O)O)cc2[N+](=O)[O-])CC1. The molecule has 1 fully saturated rings. The van der Waals surface area contributed by atoms with Crippen LogP contribution in [0.25, 0.3) is 0 Å². The Hall–Kier alpha value is -3.13. The van der Waals surface area contributed by atoms with Crippen LogP contribution in [-0.2, 0) is 4.79 Å². The number of anilines is 1. The highest BCUT2D eigenvalue weighted by atomic mass is 16.6. The minimum absolute atomic E-state index is 0.0425. The molecule has 0 amide bonds. The van der Waals surface area contributed by atoms with Gasteiger partial charge in [0.15, 0.2) is 0 Å². The molecule has 0 spiro atoms. The van der Waals surface area contributed by atoms with Crippen LogP contribution in [0.15, 0.2) is 42.5 Å². The quantitative estimate of drug-likeness (QED) is 0.540. The lowest BCUT2D eigenvalue weighted by molar-refractivity contribution is -0.384. The molecule has 3 N–H and O–H groups in total. The van der Waals surface area contributed by atoms with Crippen LogP contribution < -0.4 is 15.4 Å². The Morgan fingerprint density at radius 2 is 2.00 bits per heavy atom. The number of carboxylic acid groups (broad SMARTS) is 1. The molecule has 1 unspecified atom stereocenters. The number of nitrogens with two attached hydrogens (primary N) is 1. The van der Waals surface area contributed by atoms with Crippen LogP contribution in [0.1, 0.15) is 42.3 Å². The molecule has 2 aromatic carbocycles. The smallest absolute Gasteiger partial charge is 0.305 e. The number of nitro benzene ring substituents is 1. The standard InChI is InChI=1S/C21H25N3O5/c1-29-20-5-3-2-4-16(20)14-8-10-23(11-9-14)18-7-6-15(12-19(18)24(27)28)17(22)13-21(25)26/h2-7,12,14,17H,8-11,13,22H2,1H3,(H,25,26). The van der Waals surface area contributed by atoms with E-state index in [1.807, 2.05) is 23.1 Å². The lowest BCUT2D eigenvalue weighted by Gasteiger charge is -2.34. The van der Waals surface area contributed by atoms with E-state index in [4.69, 9.17) is 15.6 Å². The lowest BCUT2D eigenvalue weighted by atomic mass is 9.88. The Balaban J connectivity index is 1.77. The summed E-state index contributed by atoms with van der Waals surface area (Å²) in [7, 11) is 1.66. The summed E-state index contributed by atoms with van der Waals surface area (Å²) in [6.45, 7) is 1.37. The predicted octanol–water partition coefficient (Wildman–Crippen LogP) is 3.46. The van der Waals surface area contributed by atoms with Gasteiger partial charge >= 0.3 is 5.97 Å². The second kappa shape index (κ2) is 8.91. The molecule has 154 valence electrons. The maximum atomic E-state index is 11.6. The Kier molecular flexibility index (Phi) is 6.33. The van der Waals surface area contributed by atoms with Crippen molar-refractivity contribution in [2.24, 2.45) is 5.73 Å². The Morgan fingerprint density at radius 3 is 2.62 bits per heavy atom. The number of hydrogen-bond acceptors (Lipinski definition) is 6. The first-order chi connectivity index (χ1) is 13.9. The molecule has 1 saturated heterocycles. The number of rotatable bonds is 7. The van der Waals surface area contributed by atoms with Crippen LogP contribution in [0.4, 0.5) is 11.4 Å². The van der Waals surface area contributed by atoms with E-state index in [2.05, 4.69) is 6.07 Å². The number of piperidine rings is 1. The van der Waals surface area contributed by atoms with E-state index >= 15 is 0 Å². The Bertz CT molecular complexity index is 894. The molecule has 0 bridgehead atoms. The minimum atomic E-state index is -1.04. The molecule has 0 aromatic heterocycles. The second-order valence-corrected chi connectivity index (χ2v) is 7.21.